The first-order chi connectivity index (χ1) is 21.0. The van der Waals surface area contributed by atoms with Crippen LogP contribution in [-0.4, -0.2) is 24.4 Å². The predicted octanol–water partition coefficient (Wildman–Crippen LogP) is 6.76. The molecule has 4 aromatic carbocycles. The Balaban J connectivity index is 1.27. The molecule has 7 aromatic rings. The van der Waals surface area contributed by atoms with Crippen molar-refractivity contribution in [2.24, 2.45) is 0 Å². The van der Waals surface area contributed by atoms with E-state index in [9.17, 15) is 4.79 Å². The van der Waals surface area contributed by atoms with Gasteiger partial charge in [-0.1, -0.05) is 71.5 Å². The number of benzene rings is 4. The maximum absolute atomic E-state index is 13.4. The number of aryl methyl sites for hydroxylation is 1. The van der Waals surface area contributed by atoms with E-state index in [-0.39, 0.29) is 5.56 Å². The highest BCUT2D eigenvalue weighted by molar-refractivity contribution is 7.15. The highest BCUT2D eigenvalue weighted by atomic mass is 35.5. The Morgan fingerprint density at radius 2 is 1.60 bits per heavy atom. The van der Waals surface area contributed by atoms with E-state index in [0.29, 0.717) is 26.9 Å². The number of para-hydroxylation sites is 1. The van der Waals surface area contributed by atoms with Crippen LogP contribution in [0.5, 0.6) is 5.75 Å². The Morgan fingerprint density at radius 3 is 2.33 bits per heavy atom. The van der Waals surface area contributed by atoms with E-state index in [1.54, 1.807) is 12.1 Å². The molecule has 0 aliphatic rings. The van der Waals surface area contributed by atoms with E-state index in [1.807, 2.05) is 109 Å². The van der Waals surface area contributed by atoms with E-state index in [0.717, 1.165) is 44.9 Å². The van der Waals surface area contributed by atoms with Gasteiger partial charge in [0, 0.05) is 27.9 Å². The Kier molecular flexibility index (Phi) is 7.06. The van der Waals surface area contributed by atoms with Crippen molar-refractivity contribution in [2.75, 3.05) is 0 Å². The standard InChI is InChI=1S/C34H24ClN5O2S/c1-22-18-25(14-17-29(22)42-21-23-8-4-2-5-9-23)31-26(20-39(37-31)28-10-6-3-7-11-28)19-30-33(41)40-34(43-30)36-32(38-40)24-12-15-27(35)16-13-24/h2-20H,21H2,1H3/b30-19-. The summed E-state index contributed by atoms with van der Waals surface area (Å²) in [5, 5.41) is 10.0. The molecule has 0 bridgehead atoms. The summed E-state index contributed by atoms with van der Waals surface area (Å²) in [7, 11) is 0. The number of rotatable bonds is 7. The monoisotopic (exact) mass is 601 g/mol. The Morgan fingerprint density at radius 1 is 0.884 bits per heavy atom. The number of aromatic nitrogens is 5. The van der Waals surface area contributed by atoms with Gasteiger partial charge in [-0.15, -0.1) is 5.10 Å². The third-order valence-electron chi connectivity index (χ3n) is 7.02. The highest BCUT2D eigenvalue weighted by Gasteiger charge is 2.16. The van der Waals surface area contributed by atoms with Crippen LogP contribution >= 0.6 is 22.9 Å². The molecule has 3 heterocycles. The van der Waals surface area contributed by atoms with Crippen molar-refractivity contribution in [3.8, 4) is 34.1 Å². The van der Waals surface area contributed by atoms with Gasteiger partial charge in [-0.25, -0.2) is 4.68 Å². The van der Waals surface area contributed by atoms with Gasteiger partial charge in [0.15, 0.2) is 5.82 Å². The van der Waals surface area contributed by atoms with Crippen molar-refractivity contribution in [1.82, 2.24) is 24.4 Å². The van der Waals surface area contributed by atoms with Gasteiger partial charge < -0.3 is 4.74 Å². The molecule has 0 saturated heterocycles. The zero-order chi connectivity index (χ0) is 29.3. The minimum absolute atomic E-state index is 0.230. The van der Waals surface area contributed by atoms with E-state index in [1.165, 1.54) is 15.9 Å². The molecule has 0 atom stereocenters. The Bertz CT molecular complexity index is 2170. The molecule has 7 nitrogen and oxygen atoms in total. The molecule has 9 heteroatoms. The van der Waals surface area contributed by atoms with Crippen molar-refractivity contribution < 1.29 is 4.74 Å². The third kappa shape index (κ3) is 5.46. The SMILES string of the molecule is Cc1cc(-c2nn(-c3ccccc3)cc2/C=c2\sc3nc(-c4ccc(Cl)cc4)nn3c2=O)ccc1OCc1ccccc1. The van der Waals surface area contributed by atoms with Crippen molar-refractivity contribution in [1.29, 1.82) is 0 Å². The lowest BCUT2D eigenvalue weighted by Crippen LogP contribution is -2.23. The van der Waals surface area contributed by atoms with Crippen molar-refractivity contribution in [2.45, 2.75) is 13.5 Å². The molecule has 43 heavy (non-hydrogen) atoms. The molecule has 0 aliphatic carbocycles. The summed E-state index contributed by atoms with van der Waals surface area (Å²) < 4.78 is 9.81. The average molecular weight is 602 g/mol. The quantitative estimate of drug-likeness (QED) is 0.202. The minimum atomic E-state index is -0.230. The second kappa shape index (κ2) is 11.3. The molecule has 210 valence electrons. The Labute approximate surface area is 255 Å². The van der Waals surface area contributed by atoms with Gasteiger partial charge >= 0.3 is 0 Å². The number of hydrogen-bond donors (Lipinski definition) is 0. The maximum atomic E-state index is 13.4. The van der Waals surface area contributed by atoms with E-state index < -0.39 is 0 Å². The number of thiazole rings is 1. The van der Waals surface area contributed by atoms with Crippen LogP contribution in [0.25, 0.3) is 39.4 Å². The number of ether oxygens (including phenoxy) is 1. The lowest BCUT2D eigenvalue weighted by atomic mass is 10.0. The van der Waals surface area contributed by atoms with Crippen LogP contribution in [0, 0.1) is 6.92 Å². The molecule has 0 unspecified atom stereocenters. The van der Waals surface area contributed by atoms with Gasteiger partial charge in [0.05, 0.1) is 10.2 Å². The van der Waals surface area contributed by atoms with Crippen LogP contribution in [0.4, 0.5) is 0 Å². The first kappa shape index (κ1) is 26.8. The highest BCUT2D eigenvalue weighted by Crippen LogP contribution is 2.29. The zero-order valence-corrected chi connectivity index (χ0v) is 24.6. The van der Waals surface area contributed by atoms with Crippen LogP contribution in [0.1, 0.15) is 16.7 Å². The van der Waals surface area contributed by atoms with Gasteiger partial charge in [0.2, 0.25) is 4.96 Å². The molecule has 0 spiro atoms. The summed E-state index contributed by atoms with van der Waals surface area (Å²) in [5.74, 6) is 1.29. The second-order valence-corrected chi connectivity index (χ2v) is 11.5. The molecular weight excluding hydrogens is 578 g/mol. The van der Waals surface area contributed by atoms with Crippen LogP contribution in [-0.2, 0) is 6.61 Å². The first-order valence-electron chi connectivity index (χ1n) is 13.6. The number of fused-ring (bicyclic) bond motifs is 1. The molecule has 0 amide bonds. The van der Waals surface area contributed by atoms with Gasteiger partial charge in [0.25, 0.3) is 5.56 Å². The van der Waals surface area contributed by atoms with Crippen LogP contribution < -0.4 is 14.8 Å². The van der Waals surface area contributed by atoms with E-state index >= 15 is 0 Å². The summed E-state index contributed by atoms with van der Waals surface area (Å²) in [4.78, 5) is 18.5. The van der Waals surface area contributed by atoms with Gasteiger partial charge in [-0.3, -0.25) is 4.79 Å². The van der Waals surface area contributed by atoms with Gasteiger partial charge in [-0.05, 0) is 78.7 Å². The summed E-state index contributed by atoms with van der Waals surface area (Å²) in [5.41, 5.74) is 6.06. The van der Waals surface area contributed by atoms with E-state index in [2.05, 4.69) is 16.1 Å². The molecular formula is C34H24ClN5O2S. The number of nitrogens with zero attached hydrogens (tertiary/aromatic N) is 5. The fourth-order valence-electron chi connectivity index (χ4n) is 4.82. The fraction of sp³-hybridized carbons (Fsp3) is 0.0588. The molecule has 0 N–H and O–H groups in total. The maximum Gasteiger partial charge on any atom is 0.291 e. The molecule has 0 aliphatic heterocycles. The molecule has 7 rings (SSSR count). The normalized spacial score (nSPS) is 11.8. The second-order valence-electron chi connectivity index (χ2n) is 10.0. The Hall–Kier alpha value is -5.05. The third-order valence-corrected chi connectivity index (χ3v) is 8.23. The smallest absolute Gasteiger partial charge is 0.291 e. The fourth-order valence-corrected chi connectivity index (χ4v) is 5.85. The van der Waals surface area contributed by atoms with Crippen molar-refractivity contribution >= 4 is 34.0 Å². The lowest BCUT2D eigenvalue weighted by Gasteiger charge is -2.10. The summed E-state index contributed by atoms with van der Waals surface area (Å²) in [6, 6.07) is 33.2. The summed E-state index contributed by atoms with van der Waals surface area (Å²) in [6.45, 7) is 2.51. The van der Waals surface area contributed by atoms with Crippen LogP contribution in [0.15, 0.2) is 114 Å². The van der Waals surface area contributed by atoms with Gasteiger partial charge in [0.1, 0.15) is 18.1 Å². The topological polar surface area (TPSA) is 74.3 Å². The molecule has 0 fully saturated rings. The first-order valence-corrected chi connectivity index (χ1v) is 14.8. The van der Waals surface area contributed by atoms with Crippen LogP contribution in [0.3, 0.4) is 0 Å². The number of hydrogen-bond acceptors (Lipinski definition) is 6. The summed E-state index contributed by atoms with van der Waals surface area (Å²) >= 11 is 7.31. The zero-order valence-electron chi connectivity index (χ0n) is 23.0. The minimum Gasteiger partial charge on any atom is -0.489 e. The number of halogens is 1. The lowest BCUT2D eigenvalue weighted by molar-refractivity contribution is 0.304. The van der Waals surface area contributed by atoms with Crippen LogP contribution in [0.2, 0.25) is 5.02 Å². The van der Waals surface area contributed by atoms with Gasteiger partial charge in [-0.2, -0.15) is 14.6 Å². The largest absolute Gasteiger partial charge is 0.489 e. The van der Waals surface area contributed by atoms with Crippen molar-refractivity contribution in [3.63, 3.8) is 0 Å². The van der Waals surface area contributed by atoms with Crippen molar-refractivity contribution in [3.05, 3.63) is 146 Å². The molecule has 3 aromatic heterocycles. The average Bonchev–Trinajstić information content (AvgIpc) is 3.73. The molecule has 0 saturated carbocycles. The summed E-state index contributed by atoms with van der Waals surface area (Å²) in [6.07, 6.45) is 3.80. The van der Waals surface area contributed by atoms with E-state index in [4.69, 9.17) is 21.4 Å². The predicted molar refractivity (Wildman–Crippen MR) is 171 cm³/mol. The molecule has 0 radical (unpaired) electrons.